The molecule has 0 aliphatic rings. The number of hydrogen-bond acceptors (Lipinski definition) is 4. The van der Waals surface area contributed by atoms with E-state index < -0.39 is 24.3 Å². The van der Waals surface area contributed by atoms with Gasteiger partial charge in [-0.1, -0.05) is 19.9 Å². The summed E-state index contributed by atoms with van der Waals surface area (Å²) in [5, 5.41) is 3.04. The highest BCUT2D eigenvalue weighted by Crippen LogP contribution is 2.36. The fourth-order valence-electron chi connectivity index (χ4n) is 1.55. The quantitative estimate of drug-likeness (QED) is 0.821. The fourth-order valence-corrected chi connectivity index (χ4v) is 1.55. The van der Waals surface area contributed by atoms with E-state index in [1.807, 2.05) is 13.8 Å². The Bertz CT molecular complexity index is 487. The molecule has 1 N–H and O–H groups in total. The molecule has 0 atom stereocenters. The summed E-state index contributed by atoms with van der Waals surface area (Å²) >= 11 is 0. The summed E-state index contributed by atoms with van der Waals surface area (Å²) in [7, 11) is 1.14. The van der Waals surface area contributed by atoms with Gasteiger partial charge in [0.05, 0.1) is 12.7 Å². The lowest BCUT2D eigenvalue weighted by Gasteiger charge is -2.15. The van der Waals surface area contributed by atoms with Crippen LogP contribution in [0.1, 0.15) is 25.0 Å². The van der Waals surface area contributed by atoms with Gasteiger partial charge in [-0.05, 0) is 17.7 Å². The molecule has 1 aromatic rings. The third-order valence-corrected chi connectivity index (χ3v) is 2.64. The van der Waals surface area contributed by atoms with Crippen LogP contribution in [0.25, 0.3) is 0 Å². The van der Waals surface area contributed by atoms with Crippen LogP contribution in [-0.4, -0.2) is 25.7 Å². The third kappa shape index (κ3) is 5.63. The molecule has 1 rings (SSSR count). The Kier molecular flexibility index (Phi) is 6.02. The van der Waals surface area contributed by atoms with E-state index in [9.17, 15) is 18.0 Å². The van der Waals surface area contributed by atoms with Crippen molar-refractivity contribution in [2.45, 2.75) is 32.6 Å². The van der Waals surface area contributed by atoms with E-state index in [1.165, 1.54) is 12.1 Å². The van der Waals surface area contributed by atoms with Gasteiger partial charge in [0.25, 0.3) is 0 Å². The minimum Gasteiger partial charge on any atom is -0.481 e. The molecule has 0 aliphatic heterocycles. The van der Waals surface area contributed by atoms with Crippen LogP contribution in [0, 0.1) is 0 Å². The van der Waals surface area contributed by atoms with E-state index in [4.69, 9.17) is 4.74 Å². The number of benzene rings is 1. The van der Waals surface area contributed by atoms with Gasteiger partial charge in [-0.25, -0.2) is 4.79 Å². The maximum atomic E-state index is 13.0. The molecule has 0 unspecified atom stereocenters. The third-order valence-electron chi connectivity index (χ3n) is 2.64. The predicted molar refractivity (Wildman–Crippen MR) is 70.9 cm³/mol. The zero-order chi connectivity index (χ0) is 16.0. The molecule has 0 radical (unpaired) electrons. The summed E-state index contributed by atoms with van der Waals surface area (Å²) in [6, 6.07) is 3.91. The second-order valence-corrected chi connectivity index (χ2v) is 4.73. The van der Waals surface area contributed by atoms with Crippen LogP contribution in [0.15, 0.2) is 18.2 Å². The second kappa shape index (κ2) is 7.31. The summed E-state index contributed by atoms with van der Waals surface area (Å²) < 4.78 is 48.3. The zero-order valence-corrected chi connectivity index (χ0v) is 12.1. The number of hydrogen-bond donors (Lipinski definition) is 1. The first kappa shape index (κ1) is 17.3. The summed E-state index contributed by atoms with van der Waals surface area (Å²) in [4.78, 5) is 11.0. The minimum atomic E-state index is -4.56. The van der Waals surface area contributed by atoms with Gasteiger partial charge in [-0.2, -0.15) is 13.2 Å². The number of rotatable bonds is 6. The smallest absolute Gasteiger partial charge is 0.419 e. The van der Waals surface area contributed by atoms with Gasteiger partial charge in [0.15, 0.2) is 6.61 Å². The van der Waals surface area contributed by atoms with Crippen molar-refractivity contribution in [3.05, 3.63) is 29.3 Å². The Morgan fingerprint density at radius 2 is 2.00 bits per heavy atom. The molecule has 7 heteroatoms. The molecule has 0 aromatic heterocycles. The molecule has 118 valence electrons. The molecule has 1 aromatic carbocycles. The van der Waals surface area contributed by atoms with Crippen molar-refractivity contribution in [1.82, 2.24) is 5.32 Å². The lowest BCUT2D eigenvalue weighted by molar-refractivity contribution is -0.145. The van der Waals surface area contributed by atoms with Gasteiger partial charge in [-0.15, -0.1) is 0 Å². The number of esters is 1. The van der Waals surface area contributed by atoms with Crippen molar-refractivity contribution < 1.29 is 27.4 Å². The van der Waals surface area contributed by atoms with Crippen LogP contribution in [0.3, 0.4) is 0 Å². The van der Waals surface area contributed by atoms with Crippen molar-refractivity contribution >= 4 is 5.97 Å². The molecule has 0 heterocycles. The largest absolute Gasteiger partial charge is 0.481 e. The van der Waals surface area contributed by atoms with Crippen LogP contribution in [-0.2, 0) is 22.3 Å². The molecule has 0 amide bonds. The molecule has 0 saturated carbocycles. The zero-order valence-electron chi connectivity index (χ0n) is 12.1. The normalized spacial score (nSPS) is 11.6. The Morgan fingerprint density at radius 3 is 2.52 bits per heavy atom. The summed E-state index contributed by atoms with van der Waals surface area (Å²) in [6.45, 7) is 3.55. The van der Waals surface area contributed by atoms with Gasteiger partial charge in [0.2, 0.25) is 0 Å². The Labute approximate surface area is 121 Å². The number of carbonyl (C=O) groups excluding carboxylic acids is 1. The molecule has 4 nitrogen and oxygen atoms in total. The lowest BCUT2D eigenvalue weighted by Crippen LogP contribution is -2.22. The van der Waals surface area contributed by atoms with E-state index in [2.05, 4.69) is 10.1 Å². The first-order valence-corrected chi connectivity index (χ1v) is 6.37. The predicted octanol–water partition coefficient (Wildman–Crippen LogP) is 2.76. The number of alkyl halides is 3. The average molecular weight is 305 g/mol. The molecule has 21 heavy (non-hydrogen) atoms. The van der Waals surface area contributed by atoms with E-state index >= 15 is 0 Å². The average Bonchev–Trinajstić information content (AvgIpc) is 2.41. The van der Waals surface area contributed by atoms with Crippen molar-refractivity contribution in [3.63, 3.8) is 0 Å². The Hall–Kier alpha value is -1.76. The van der Waals surface area contributed by atoms with Crippen LogP contribution < -0.4 is 10.1 Å². The van der Waals surface area contributed by atoms with E-state index in [0.29, 0.717) is 12.1 Å². The highest BCUT2D eigenvalue weighted by atomic mass is 19.4. The standard InChI is InChI=1S/C14H18F3NO3/c1-9(2)18-7-10-4-5-12(21-8-13(19)20-3)11(6-10)14(15,16)17/h4-6,9,18H,7-8H2,1-3H3. The Morgan fingerprint density at radius 1 is 1.33 bits per heavy atom. The minimum absolute atomic E-state index is 0.162. The van der Waals surface area contributed by atoms with Gasteiger partial charge in [-0.3, -0.25) is 0 Å². The lowest BCUT2D eigenvalue weighted by atomic mass is 10.1. The van der Waals surface area contributed by atoms with E-state index in [0.717, 1.165) is 13.2 Å². The topological polar surface area (TPSA) is 47.6 Å². The van der Waals surface area contributed by atoms with Crippen LogP contribution in [0.2, 0.25) is 0 Å². The monoisotopic (exact) mass is 305 g/mol. The highest BCUT2D eigenvalue weighted by Gasteiger charge is 2.34. The first-order chi connectivity index (χ1) is 9.74. The molecule has 0 saturated heterocycles. The summed E-state index contributed by atoms with van der Waals surface area (Å²) in [5.74, 6) is -1.13. The van der Waals surface area contributed by atoms with Gasteiger partial charge >= 0.3 is 12.1 Å². The van der Waals surface area contributed by atoms with Crippen molar-refractivity contribution in [2.75, 3.05) is 13.7 Å². The summed E-state index contributed by atoms with van der Waals surface area (Å²) in [6.07, 6.45) is -4.56. The number of carbonyl (C=O) groups is 1. The molecule has 0 spiro atoms. The maximum Gasteiger partial charge on any atom is 0.419 e. The first-order valence-electron chi connectivity index (χ1n) is 6.37. The van der Waals surface area contributed by atoms with E-state index in [-0.39, 0.29) is 11.8 Å². The van der Waals surface area contributed by atoms with Crippen molar-refractivity contribution in [3.8, 4) is 5.75 Å². The van der Waals surface area contributed by atoms with Gasteiger partial charge < -0.3 is 14.8 Å². The molecule has 0 bridgehead atoms. The highest BCUT2D eigenvalue weighted by molar-refractivity contribution is 5.71. The fraction of sp³-hybridized carbons (Fsp3) is 0.500. The maximum absolute atomic E-state index is 13.0. The van der Waals surface area contributed by atoms with Crippen LogP contribution in [0.4, 0.5) is 13.2 Å². The van der Waals surface area contributed by atoms with Gasteiger partial charge in [0, 0.05) is 12.6 Å². The second-order valence-electron chi connectivity index (χ2n) is 4.73. The molecule has 0 fully saturated rings. The van der Waals surface area contributed by atoms with Crippen molar-refractivity contribution in [2.24, 2.45) is 0 Å². The van der Waals surface area contributed by atoms with E-state index in [1.54, 1.807) is 0 Å². The number of nitrogens with one attached hydrogen (secondary N) is 1. The Balaban J connectivity index is 2.94. The molecular formula is C14H18F3NO3. The number of halogens is 3. The van der Waals surface area contributed by atoms with Crippen LogP contribution >= 0.6 is 0 Å². The SMILES string of the molecule is COC(=O)COc1ccc(CNC(C)C)cc1C(F)(F)F. The summed E-state index contributed by atoms with van der Waals surface area (Å²) in [5.41, 5.74) is -0.420. The number of methoxy groups -OCH3 is 1. The molecular weight excluding hydrogens is 287 g/mol. The van der Waals surface area contributed by atoms with Crippen molar-refractivity contribution in [1.29, 1.82) is 0 Å². The van der Waals surface area contributed by atoms with Crippen LogP contribution in [0.5, 0.6) is 5.75 Å². The molecule has 0 aliphatic carbocycles. The number of ether oxygens (including phenoxy) is 2. The van der Waals surface area contributed by atoms with Gasteiger partial charge in [0.1, 0.15) is 5.75 Å².